The van der Waals surface area contributed by atoms with Gasteiger partial charge in [-0.05, 0) is 20.4 Å². The van der Waals surface area contributed by atoms with Gasteiger partial charge in [-0.25, -0.2) is 8.42 Å². The minimum atomic E-state index is -3.72. The van der Waals surface area contributed by atoms with Gasteiger partial charge in [-0.2, -0.15) is 5.10 Å². The number of sulfonamides is 1. The van der Waals surface area contributed by atoms with Crippen LogP contribution in [0.3, 0.4) is 0 Å². The number of nitrogens with one attached hydrogen (secondary N) is 3. The van der Waals surface area contributed by atoms with E-state index in [1.165, 1.54) is 11.3 Å². The molecule has 0 aliphatic carbocycles. The summed E-state index contributed by atoms with van der Waals surface area (Å²) < 4.78 is 27.3. The molecule has 0 atom stereocenters. The molecule has 8 nitrogen and oxygen atoms in total. The third-order valence-electron chi connectivity index (χ3n) is 2.52. The minimum absolute atomic E-state index is 0.159. The highest BCUT2D eigenvalue weighted by atomic mass is 32.2. The van der Waals surface area contributed by atoms with E-state index in [0.717, 1.165) is 6.54 Å². The Morgan fingerprint density at radius 1 is 1.30 bits per heavy atom. The number of H-pyrrole nitrogens is 1. The molecule has 3 N–H and O–H groups in total. The number of rotatable bonds is 6. The lowest BCUT2D eigenvalue weighted by Crippen LogP contribution is -2.19. The normalized spacial score (nSPS) is 11.8. The summed E-state index contributed by atoms with van der Waals surface area (Å²) >= 11 is 1.18. The molecule has 0 aliphatic rings. The molecule has 20 heavy (non-hydrogen) atoms. The first-order valence-electron chi connectivity index (χ1n) is 6.01. The van der Waals surface area contributed by atoms with Crippen LogP contribution in [0.4, 0.5) is 5.13 Å². The molecule has 0 unspecified atom stereocenters. The van der Waals surface area contributed by atoms with Gasteiger partial charge in [0, 0.05) is 6.54 Å². The van der Waals surface area contributed by atoms with Crippen LogP contribution in [0.15, 0.2) is 4.90 Å². The van der Waals surface area contributed by atoms with Crippen molar-refractivity contribution in [3.05, 3.63) is 16.4 Å². The zero-order valence-corrected chi connectivity index (χ0v) is 13.0. The van der Waals surface area contributed by atoms with Crippen LogP contribution in [0.1, 0.15) is 23.3 Å². The van der Waals surface area contributed by atoms with Crippen molar-refractivity contribution in [1.29, 1.82) is 0 Å². The highest BCUT2D eigenvalue weighted by molar-refractivity contribution is 7.93. The largest absolute Gasteiger partial charge is 0.311 e. The molecule has 0 bridgehead atoms. The van der Waals surface area contributed by atoms with Crippen molar-refractivity contribution >= 4 is 26.5 Å². The van der Waals surface area contributed by atoms with Crippen molar-refractivity contribution in [2.75, 3.05) is 11.3 Å². The summed E-state index contributed by atoms with van der Waals surface area (Å²) in [6.07, 6.45) is 0. The highest BCUT2D eigenvalue weighted by Crippen LogP contribution is 2.23. The van der Waals surface area contributed by atoms with E-state index in [1.807, 2.05) is 6.92 Å². The molecule has 0 fully saturated rings. The number of aryl methyl sites for hydroxylation is 2. The lowest BCUT2D eigenvalue weighted by atomic mass is 10.3. The van der Waals surface area contributed by atoms with E-state index < -0.39 is 10.0 Å². The SMILES string of the molecule is CCNCc1n[nH]c(C)c1S(=O)(=O)Nc1nnc(C)s1. The van der Waals surface area contributed by atoms with Crippen LogP contribution in [0.25, 0.3) is 0 Å². The fraction of sp³-hybridized carbons (Fsp3) is 0.500. The van der Waals surface area contributed by atoms with Crippen molar-refractivity contribution in [2.45, 2.75) is 32.2 Å². The maximum absolute atomic E-state index is 12.4. The second kappa shape index (κ2) is 5.85. The Hall–Kier alpha value is -1.52. The lowest BCUT2D eigenvalue weighted by Gasteiger charge is -2.06. The molecule has 2 aromatic heterocycles. The van der Waals surface area contributed by atoms with E-state index in [-0.39, 0.29) is 10.0 Å². The van der Waals surface area contributed by atoms with E-state index in [2.05, 4.69) is 30.4 Å². The quantitative estimate of drug-likeness (QED) is 0.726. The van der Waals surface area contributed by atoms with Crippen LogP contribution >= 0.6 is 11.3 Å². The van der Waals surface area contributed by atoms with Crippen LogP contribution in [0.2, 0.25) is 0 Å². The summed E-state index contributed by atoms with van der Waals surface area (Å²) in [6, 6.07) is 0. The van der Waals surface area contributed by atoms with Gasteiger partial charge in [-0.15, -0.1) is 10.2 Å². The summed E-state index contributed by atoms with van der Waals surface area (Å²) in [5, 5.41) is 18.3. The Balaban J connectivity index is 2.31. The summed E-state index contributed by atoms with van der Waals surface area (Å²) in [7, 11) is -3.72. The van der Waals surface area contributed by atoms with Crippen LogP contribution in [-0.4, -0.2) is 35.4 Å². The molecule has 0 radical (unpaired) electrons. The van der Waals surface area contributed by atoms with E-state index in [9.17, 15) is 8.42 Å². The third kappa shape index (κ3) is 3.14. The zero-order valence-electron chi connectivity index (χ0n) is 11.4. The molecular formula is C10H16N6O2S2. The van der Waals surface area contributed by atoms with Crippen molar-refractivity contribution in [2.24, 2.45) is 0 Å². The predicted molar refractivity (Wildman–Crippen MR) is 76.2 cm³/mol. The molecule has 2 heterocycles. The van der Waals surface area contributed by atoms with Crippen molar-refractivity contribution in [1.82, 2.24) is 25.7 Å². The van der Waals surface area contributed by atoms with Gasteiger partial charge >= 0.3 is 0 Å². The lowest BCUT2D eigenvalue weighted by molar-refractivity contribution is 0.597. The topological polar surface area (TPSA) is 113 Å². The smallest absolute Gasteiger partial charge is 0.267 e. The Labute approximate surface area is 121 Å². The number of hydrogen-bond donors (Lipinski definition) is 3. The van der Waals surface area contributed by atoms with Crippen molar-refractivity contribution in [3.63, 3.8) is 0 Å². The van der Waals surface area contributed by atoms with E-state index in [1.54, 1.807) is 13.8 Å². The fourth-order valence-corrected chi connectivity index (χ4v) is 3.88. The Kier molecular flexibility index (Phi) is 4.35. The predicted octanol–water partition coefficient (Wildman–Crippen LogP) is 0.788. The average Bonchev–Trinajstić information content (AvgIpc) is 2.93. The fourth-order valence-electron chi connectivity index (χ4n) is 1.69. The van der Waals surface area contributed by atoms with Gasteiger partial charge in [0.25, 0.3) is 10.0 Å². The molecule has 2 rings (SSSR count). The number of aromatic nitrogens is 4. The van der Waals surface area contributed by atoms with Crippen molar-refractivity contribution in [3.8, 4) is 0 Å². The first-order valence-corrected chi connectivity index (χ1v) is 8.31. The number of aromatic amines is 1. The van der Waals surface area contributed by atoms with E-state index >= 15 is 0 Å². The summed E-state index contributed by atoms with van der Waals surface area (Å²) in [5.74, 6) is 0. The van der Waals surface area contributed by atoms with Gasteiger partial charge in [0.15, 0.2) is 0 Å². The number of anilines is 1. The van der Waals surface area contributed by atoms with Gasteiger partial charge in [0.1, 0.15) is 9.90 Å². The zero-order chi connectivity index (χ0) is 14.8. The molecule has 0 spiro atoms. The van der Waals surface area contributed by atoms with Crippen LogP contribution in [-0.2, 0) is 16.6 Å². The maximum Gasteiger partial charge on any atom is 0.267 e. The van der Waals surface area contributed by atoms with E-state index in [4.69, 9.17) is 0 Å². The maximum atomic E-state index is 12.4. The van der Waals surface area contributed by atoms with Crippen molar-refractivity contribution < 1.29 is 8.42 Å². The number of nitrogens with zero attached hydrogens (tertiary/aromatic N) is 3. The molecule has 0 saturated carbocycles. The molecule has 0 saturated heterocycles. The highest BCUT2D eigenvalue weighted by Gasteiger charge is 2.25. The number of hydrogen-bond acceptors (Lipinski definition) is 7. The molecule has 0 aliphatic heterocycles. The molecule has 0 aromatic carbocycles. The Morgan fingerprint density at radius 2 is 2.05 bits per heavy atom. The molecule has 10 heteroatoms. The van der Waals surface area contributed by atoms with Gasteiger partial charge in [0.2, 0.25) is 5.13 Å². The summed E-state index contributed by atoms with van der Waals surface area (Å²) in [4.78, 5) is 0.159. The molecule has 0 amide bonds. The Morgan fingerprint density at radius 3 is 2.65 bits per heavy atom. The van der Waals surface area contributed by atoms with Gasteiger partial charge in [-0.1, -0.05) is 18.3 Å². The molecule has 110 valence electrons. The average molecular weight is 316 g/mol. The first kappa shape index (κ1) is 14.9. The van der Waals surface area contributed by atoms with E-state index in [0.29, 0.717) is 22.9 Å². The van der Waals surface area contributed by atoms with Gasteiger partial charge in [0.05, 0.1) is 11.4 Å². The van der Waals surface area contributed by atoms with Crippen LogP contribution in [0.5, 0.6) is 0 Å². The second-order valence-corrected chi connectivity index (χ2v) is 6.94. The standard InChI is InChI=1S/C10H16N6O2S2/c1-4-11-5-8-9(6(2)12-14-8)20(17,18)16-10-15-13-7(3)19-10/h11H,4-5H2,1-3H3,(H,12,14)(H,15,16). The Bertz CT molecular complexity index is 690. The van der Waals surface area contributed by atoms with Crippen LogP contribution in [0, 0.1) is 13.8 Å². The second-order valence-electron chi connectivity index (χ2n) is 4.14. The summed E-state index contributed by atoms with van der Waals surface area (Å²) in [5.41, 5.74) is 0.949. The van der Waals surface area contributed by atoms with Crippen LogP contribution < -0.4 is 10.0 Å². The first-order chi connectivity index (χ1) is 9.44. The third-order valence-corrected chi connectivity index (χ3v) is 4.94. The summed E-state index contributed by atoms with van der Waals surface area (Å²) in [6.45, 7) is 6.48. The van der Waals surface area contributed by atoms with Gasteiger partial charge in [-0.3, -0.25) is 9.82 Å². The monoisotopic (exact) mass is 316 g/mol. The van der Waals surface area contributed by atoms with Gasteiger partial charge < -0.3 is 5.32 Å². The molecular weight excluding hydrogens is 300 g/mol. The molecule has 2 aromatic rings. The minimum Gasteiger partial charge on any atom is -0.311 e.